The Morgan fingerprint density at radius 2 is 1.96 bits per heavy atom. The van der Waals surface area contributed by atoms with Crippen LogP contribution in [0.3, 0.4) is 0 Å². The third-order valence-corrected chi connectivity index (χ3v) is 3.61. The van der Waals surface area contributed by atoms with Gasteiger partial charge in [-0.15, -0.1) is 0 Å². The minimum absolute atomic E-state index is 0.161. The van der Waals surface area contributed by atoms with Crippen LogP contribution in [-0.4, -0.2) is 16.9 Å². The van der Waals surface area contributed by atoms with E-state index in [4.69, 9.17) is 9.15 Å². The molecule has 0 radical (unpaired) electrons. The van der Waals surface area contributed by atoms with Gasteiger partial charge in [0, 0.05) is 6.54 Å². The molecular formula is C16H14F2N2O3. The van der Waals surface area contributed by atoms with Gasteiger partial charge in [0.05, 0.1) is 18.4 Å². The van der Waals surface area contributed by atoms with E-state index in [-0.39, 0.29) is 22.6 Å². The first-order valence-corrected chi connectivity index (χ1v) is 7.02. The molecule has 0 unspecified atom stereocenters. The molecule has 0 saturated carbocycles. The normalized spacial score (nSPS) is 11.2. The van der Waals surface area contributed by atoms with Crippen LogP contribution in [0.5, 0.6) is 5.75 Å². The topological polar surface area (TPSA) is 57.3 Å². The van der Waals surface area contributed by atoms with Gasteiger partial charge in [0.1, 0.15) is 17.0 Å². The summed E-state index contributed by atoms with van der Waals surface area (Å²) in [7, 11) is 1.25. The van der Waals surface area contributed by atoms with Crippen LogP contribution in [0.4, 0.5) is 8.78 Å². The molecule has 0 N–H and O–H groups in total. The Labute approximate surface area is 130 Å². The van der Waals surface area contributed by atoms with Crippen molar-refractivity contribution in [1.82, 2.24) is 9.78 Å². The molecule has 1 aromatic carbocycles. The Hall–Kier alpha value is -2.70. The molecule has 0 aliphatic carbocycles. The second-order valence-corrected chi connectivity index (χ2v) is 4.97. The van der Waals surface area contributed by atoms with Crippen LogP contribution in [0.25, 0.3) is 22.4 Å². The van der Waals surface area contributed by atoms with Crippen molar-refractivity contribution in [3.8, 4) is 17.1 Å². The molecule has 2 aromatic heterocycles. The van der Waals surface area contributed by atoms with Gasteiger partial charge in [-0.3, -0.25) is 4.79 Å². The summed E-state index contributed by atoms with van der Waals surface area (Å²) in [6.45, 7) is 3.92. The summed E-state index contributed by atoms with van der Waals surface area (Å²) in [5.41, 5.74) is -0.323. The van der Waals surface area contributed by atoms with E-state index < -0.39 is 22.6 Å². The highest BCUT2D eigenvalue weighted by atomic mass is 19.1. The number of rotatable bonds is 3. The summed E-state index contributed by atoms with van der Waals surface area (Å²) in [5.74, 6) is -2.22. The predicted octanol–water partition coefficient (Wildman–Crippen LogP) is 3.27. The fraction of sp³-hybridized carbons (Fsp3) is 0.250. The zero-order chi connectivity index (χ0) is 16.7. The van der Waals surface area contributed by atoms with Gasteiger partial charge in [-0.05, 0) is 26.0 Å². The molecule has 23 heavy (non-hydrogen) atoms. The minimum atomic E-state index is -0.843. The Morgan fingerprint density at radius 3 is 2.52 bits per heavy atom. The highest BCUT2D eigenvalue weighted by Gasteiger charge is 2.25. The first-order chi connectivity index (χ1) is 11.0. The molecule has 0 amide bonds. The minimum Gasteiger partial charge on any atom is -0.490 e. The van der Waals surface area contributed by atoms with Crippen LogP contribution >= 0.6 is 0 Å². The van der Waals surface area contributed by atoms with Gasteiger partial charge >= 0.3 is 0 Å². The van der Waals surface area contributed by atoms with Gasteiger partial charge < -0.3 is 9.15 Å². The molecule has 5 nitrogen and oxygen atoms in total. The van der Waals surface area contributed by atoms with Gasteiger partial charge in [0.25, 0.3) is 0 Å². The van der Waals surface area contributed by atoms with E-state index >= 15 is 0 Å². The van der Waals surface area contributed by atoms with Crippen molar-refractivity contribution in [3.05, 3.63) is 45.8 Å². The van der Waals surface area contributed by atoms with Crippen molar-refractivity contribution in [1.29, 1.82) is 0 Å². The van der Waals surface area contributed by atoms with E-state index in [0.717, 1.165) is 12.1 Å². The lowest BCUT2D eigenvalue weighted by Crippen LogP contribution is -2.09. The Balaban J connectivity index is 2.49. The van der Waals surface area contributed by atoms with Crippen LogP contribution in [0.2, 0.25) is 0 Å². The van der Waals surface area contributed by atoms with Crippen molar-refractivity contribution < 1.29 is 17.9 Å². The number of nitrogens with zero attached hydrogens (tertiary/aromatic N) is 2. The Kier molecular flexibility index (Phi) is 3.63. The second kappa shape index (κ2) is 5.49. The fourth-order valence-corrected chi connectivity index (χ4v) is 2.56. The number of benzene rings is 1. The highest BCUT2D eigenvalue weighted by molar-refractivity contribution is 5.82. The van der Waals surface area contributed by atoms with E-state index in [1.165, 1.54) is 17.9 Å². The quantitative estimate of drug-likeness (QED) is 0.743. The molecule has 0 aliphatic rings. The number of fused-ring (bicyclic) bond motifs is 1. The molecule has 3 aromatic rings. The third-order valence-electron chi connectivity index (χ3n) is 3.61. The van der Waals surface area contributed by atoms with Crippen molar-refractivity contribution in [2.45, 2.75) is 20.4 Å². The zero-order valence-corrected chi connectivity index (χ0v) is 12.8. The van der Waals surface area contributed by atoms with Crippen molar-refractivity contribution in [2.75, 3.05) is 7.11 Å². The number of aromatic nitrogens is 2. The van der Waals surface area contributed by atoms with Gasteiger partial charge in [0.15, 0.2) is 5.76 Å². The Bertz CT molecular complexity index is 940. The average Bonchev–Trinajstić information content (AvgIpc) is 2.83. The van der Waals surface area contributed by atoms with Gasteiger partial charge in [0.2, 0.25) is 16.9 Å². The van der Waals surface area contributed by atoms with E-state index in [0.29, 0.717) is 12.2 Å². The maximum absolute atomic E-state index is 14.1. The summed E-state index contributed by atoms with van der Waals surface area (Å²) < 4.78 is 40.4. The van der Waals surface area contributed by atoms with Crippen LogP contribution in [0.15, 0.2) is 27.4 Å². The first kappa shape index (κ1) is 15.2. The predicted molar refractivity (Wildman–Crippen MR) is 80.6 cm³/mol. The smallest absolute Gasteiger partial charge is 0.238 e. The number of aryl methyl sites for hydroxylation is 2. The summed E-state index contributed by atoms with van der Waals surface area (Å²) in [6.07, 6.45) is 0. The van der Waals surface area contributed by atoms with Crippen molar-refractivity contribution in [3.63, 3.8) is 0 Å². The SMILES string of the molecule is CCn1nc(C)c2c(=O)c(OC)c(-c3c(F)cccc3F)oc21. The third kappa shape index (κ3) is 2.19. The summed E-state index contributed by atoms with van der Waals surface area (Å²) in [6, 6.07) is 3.41. The van der Waals surface area contributed by atoms with E-state index in [9.17, 15) is 13.6 Å². The number of methoxy groups -OCH3 is 1. The van der Waals surface area contributed by atoms with E-state index in [1.807, 2.05) is 6.92 Å². The van der Waals surface area contributed by atoms with E-state index in [2.05, 4.69) is 5.10 Å². The molecule has 3 rings (SSSR count). The molecule has 0 spiro atoms. The number of halogens is 2. The second-order valence-electron chi connectivity index (χ2n) is 4.97. The standard InChI is InChI=1S/C16H14F2N2O3/c1-4-20-16-11(8(2)19-20)13(21)15(22-3)14(23-16)12-9(17)6-5-7-10(12)18/h5-7H,4H2,1-3H3. The Morgan fingerprint density at radius 1 is 1.30 bits per heavy atom. The van der Waals surface area contributed by atoms with Crippen LogP contribution in [-0.2, 0) is 6.54 Å². The monoisotopic (exact) mass is 320 g/mol. The number of ether oxygens (including phenoxy) is 1. The molecule has 0 fully saturated rings. The van der Waals surface area contributed by atoms with Gasteiger partial charge in [-0.2, -0.15) is 5.10 Å². The number of hydrogen-bond acceptors (Lipinski definition) is 4. The zero-order valence-electron chi connectivity index (χ0n) is 12.8. The molecule has 0 atom stereocenters. The largest absolute Gasteiger partial charge is 0.490 e. The lowest BCUT2D eigenvalue weighted by atomic mass is 10.1. The first-order valence-electron chi connectivity index (χ1n) is 7.02. The lowest BCUT2D eigenvalue weighted by Gasteiger charge is -2.09. The summed E-state index contributed by atoms with van der Waals surface area (Å²) in [4.78, 5) is 12.6. The molecule has 120 valence electrons. The fourth-order valence-electron chi connectivity index (χ4n) is 2.56. The summed E-state index contributed by atoms with van der Waals surface area (Å²) in [5, 5.41) is 4.44. The molecule has 0 saturated heterocycles. The summed E-state index contributed by atoms with van der Waals surface area (Å²) >= 11 is 0. The van der Waals surface area contributed by atoms with Crippen LogP contribution < -0.4 is 10.2 Å². The lowest BCUT2D eigenvalue weighted by molar-refractivity contribution is 0.394. The maximum atomic E-state index is 14.1. The molecule has 7 heteroatoms. The maximum Gasteiger partial charge on any atom is 0.238 e. The molecule has 0 aliphatic heterocycles. The van der Waals surface area contributed by atoms with E-state index in [1.54, 1.807) is 6.92 Å². The van der Waals surface area contributed by atoms with Gasteiger partial charge in [-0.25, -0.2) is 13.5 Å². The molecular weight excluding hydrogens is 306 g/mol. The van der Waals surface area contributed by atoms with Gasteiger partial charge in [-0.1, -0.05) is 6.07 Å². The van der Waals surface area contributed by atoms with Crippen LogP contribution in [0.1, 0.15) is 12.6 Å². The van der Waals surface area contributed by atoms with Crippen molar-refractivity contribution in [2.24, 2.45) is 0 Å². The molecule has 2 heterocycles. The average molecular weight is 320 g/mol. The van der Waals surface area contributed by atoms with Crippen molar-refractivity contribution >= 4 is 11.1 Å². The molecule has 0 bridgehead atoms. The van der Waals surface area contributed by atoms with Crippen LogP contribution in [0, 0.1) is 18.6 Å². The number of hydrogen-bond donors (Lipinski definition) is 0. The highest BCUT2D eigenvalue weighted by Crippen LogP contribution is 2.34.